The maximum Gasteiger partial charge on any atom is 0.373 e. The van der Waals surface area contributed by atoms with Gasteiger partial charge in [0.2, 0.25) is 0 Å². The molecule has 1 aliphatic heterocycles. The fourth-order valence-corrected chi connectivity index (χ4v) is 2.82. The van der Waals surface area contributed by atoms with Gasteiger partial charge in [0.15, 0.2) is 18.1 Å². The first-order chi connectivity index (χ1) is 11.0. The number of carboxylic acid groups (broad SMARTS) is 1. The molecule has 23 heavy (non-hydrogen) atoms. The van der Waals surface area contributed by atoms with Crippen LogP contribution in [0.2, 0.25) is 0 Å². The van der Waals surface area contributed by atoms with Crippen LogP contribution >= 0.6 is 0 Å². The van der Waals surface area contributed by atoms with Crippen LogP contribution in [0.3, 0.4) is 0 Å². The second kappa shape index (κ2) is 5.44. The molecule has 3 rings (SSSR count). The molecular formula is C16H16N3O4+. The summed E-state index contributed by atoms with van der Waals surface area (Å²) in [6.07, 6.45) is 6.52. The molecule has 2 atom stereocenters. The minimum Gasteiger partial charge on any atom is -0.476 e. The molecule has 7 heteroatoms. The predicted octanol–water partition coefficient (Wildman–Crippen LogP) is 0.342. The van der Waals surface area contributed by atoms with Crippen molar-refractivity contribution in [2.45, 2.75) is 25.1 Å². The van der Waals surface area contributed by atoms with Crippen molar-refractivity contribution in [3.8, 4) is 0 Å². The number of aliphatic carboxylic acids is 1. The number of carbonyl (C=O) groups excluding carboxylic acids is 1. The highest BCUT2D eigenvalue weighted by Gasteiger charge is 2.43. The van der Waals surface area contributed by atoms with Crippen molar-refractivity contribution < 1.29 is 24.4 Å². The lowest BCUT2D eigenvalue weighted by Gasteiger charge is -2.23. The molecule has 0 aromatic carbocycles. The Kier molecular flexibility index (Phi) is 3.57. The van der Waals surface area contributed by atoms with E-state index >= 15 is 0 Å². The molecule has 1 amide bonds. The second-order valence-electron chi connectivity index (χ2n) is 5.38. The standard InChI is InChI=1S/C16H15N3O4/c1-2-13(15(21)22)19-7-4-10(5-8-19)16(23)12-3-6-17-9-11(12)14(20)18-16/h3-9,13,23H,2H2,1H3,(H-,18,20,21,22)/p+1. The molecule has 0 aliphatic carbocycles. The number of pyridine rings is 2. The van der Waals surface area contributed by atoms with Crippen LogP contribution in [-0.2, 0) is 10.5 Å². The zero-order valence-corrected chi connectivity index (χ0v) is 12.4. The van der Waals surface area contributed by atoms with Crippen molar-refractivity contribution in [2.24, 2.45) is 0 Å². The Bertz CT molecular complexity index is 775. The van der Waals surface area contributed by atoms with E-state index in [0.717, 1.165) is 0 Å². The number of nitrogens with zero attached hydrogens (tertiary/aromatic N) is 2. The first-order valence-electron chi connectivity index (χ1n) is 7.21. The average molecular weight is 314 g/mol. The molecule has 3 heterocycles. The SMILES string of the molecule is CCC(C(=O)O)[n+]1ccc(C2(O)NC(=O)c3cnccc32)cc1. The second-order valence-corrected chi connectivity index (χ2v) is 5.38. The van der Waals surface area contributed by atoms with E-state index in [9.17, 15) is 19.8 Å². The van der Waals surface area contributed by atoms with Crippen molar-refractivity contribution >= 4 is 11.9 Å². The molecule has 2 unspecified atom stereocenters. The van der Waals surface area contributed by atoms with Crippen LogP contribution in [0.25, 0.3) is 0 Å². The molecule has 7 nitrogen and oxygen atoms in total. The third kappa shape index (κ3) is 2.35. The van der Waals surface area contributed by atoms with Crippen LogP contribution in [0.4, 0.5) is 0 Å². The summed E-state index contributed by atoms with van der Waals surface area (Å²) in [6, 6.07) is 4.11. The monoisotopic (exact) mass is 314 g/mol. The van der Waals surface area contributed by atoms with Crippen LogP contribution in [0.15, 0.2) is 43.0 Å². The fraction of sp³-hybridized carbons (Fsp3) is 0.250. The molecule has 2 aromatic heterocycles. The van der Waals surface area contributed by atoms with Crippen LogP contribution in [0.1, 0.15) is 40.9 Å². The summed E-state index contributed by atoms with van der Waals surface area (Å²) in [4.78, 5) is 27.1. The molecule has 118 valence electrons. The van der Waals surface area contributed by atoms with Gasteiger partial charge in [-0.1, -0.05) is 6.92 Å². The van der Waals surface area contributed by atoms with E-state index in [1.165, 1.54) is 12.4 Å². The zero-order chi connectivity index (χ0) is 16.6. The molecule has 0 bridgehead atoms. The molecule has 0 fully saturated rings. The third-order valence-corrected chi connectivity index (χ3v) is 4.05. The van der Waals surface area contributed by atoms with E-state index in [-0.39, 0.29) is 0 Å². The lowest BCUT2D eigenvalue weighted by molar-refractivity contribution is -0.711. The molecule has 0 saturated carbocycles. The molecule has 0 saturated heterocycles. The lowest BCUT2D eigenvalue weighted by Crippen LogP contribution is -2.45. The van der Waals surface area contributed by atoms with Gasteiger partial charge in [-0.2, -0.15) is 4.57 Å². The number of aliphatic hydroxyl groups is 1. The first-order valence-corrected chi connectivity index (χ1v) is 7.21. The Morgan fingerprint density at radius 3 is 2.70 bits per heavy atom. The average Bonchev–Trinajstić information content (AvgIpc) is 2.81. The Labute approximate surface area is 132 Å². The minimum atomic E-state index is -1.64. The number of amides is 1. The van der Waals surface area contributed by atoms with Crippen molar-refractivity contribution in [1.29, 1.82) is 0 Å². The maximum absolute atomic E-state index is 12.0. The molecule has 0 spiro atoms. The molecule has 2 aromatic rings. The van der Waals surface area contributed by atoms with Gasteiger partial charge in [0.25, 0.3) is 11.9 Å². The van der Waals surface area contributed by atoms with Crippen LogP contribution in [-0.4, -0.2) is 27.1 Å². The Hall–Kier alpha value is -2.80. The van der Waals surface area contributed by atoms with Crippen molar-refractivity contribution in [3.05, 3.63) is 59.7 Å². The van der Waals surface area contributed by atoms with Gasteiger partial charge in [-0.25, -0.2) is 4.79 Å². The van der Waals surface area contributed by atoms with Crippen LogP contribution in [0.5, 0.6) is 0 Å². The highest BCUT2D eigenvalue weighted by Crippen LogP contribution is 2.33. The molecule has 1 aliphatic rings. The van der Waals surface area contributed by atoms with E-state index in [1.54, 1.807) is 42.1 Å². The molecular weight excluding hydrogens is 298 g/mol. The number of rotatable bonds is 4. The van der Waals surface area contributed by atoms with Gasteiger partial charge in [-0.15, -0.1) is 0 Å². The van der Waals surface area contributed by atoms with Gasteiger partial charge in [0.1, 0.15) is 0 Å². The number of carbonyl (C=O) groups is 2. The number of hydrogen-bond acceptors (Lipinski definition) is 4. The van der Waals surface area contributed by atoms with E-state index < -0.39 is 23.6 Å². The zero-order valence-electron chi connectivity index (χ0n) is 12.4. The molecule has 0 radical (unpaired) electrons. The minimum absolute atomic E-state index is 0.323. The number of hydrogen-bond donors (Lipinski definition) is 3. The van der Waals surface area contributed by atoms with E-state index in [4.69, 9.17) is 0 Å². The largest absolute Gasteiger partial charge is 0.476 e. The number of carboxylic acids is 1. The number of aromatic nitrogens is 2. The van der Waals surface area contributed by atoms with Crippen molar-refractivity contribution in [2.75, 3.05) is 0 Å². The van der Waals surface area contributed by atoms with Gasteiger partial charge in [-0.3, -0.25) is 9.78 Å². The summed E-state index contributed by atoms with van der Waals surface area (Å²) in [6.45, 7) is 1.79. The number of nitrogens with one attached hydrogen (secondary N) is 1. The van der Waals surface area contributed by atoms with Gasteiger partial charge in [-0.05, 0) is 6.07 Å². The smallest absolute Gasteiger partial charge is 0.373 e. The van der Waals surface area contributed by atoms with E-state index in [0.29, 0.717) is 23.1 Å². The first kappa shape index (κ1) is 15.1. The van der Waals surface area contributed by atoms with Crippen LogP contribution < -0.4 is 9.88 Å². The quantitative estimate of drug-likeness (QED) is 0.706. The summed E-state index contributed by atoms with van der Waals surface area (Å²) in [5.74, 6) is -1.32. The lowest BCUT2D eigenvalue weighted by atomic mass is 9.96. The maximum atomic E-state index is 12.0. The van der Waals surface area contributed by atoms with Crippen LogP contribution in [0, 0.1) is 0 Å². The summed E-state index contributed by atoms with van der Waals surface area (Å²) in [7, 11) is 0. The molecule has 3 N–H and O–H groups in total. The Morgan fingerprint density at radius 1 is 1.39 bits per heavy atom. The summed E-state index contributed by atoms with van der Waals surface area (Å²) in [5.41, 5.74) is -0.434. The Balaban J connectivity index is 2.00. The van der Waals surface area contributed by atoms with Gasteiger partial charge < -0.3 is 15.5 Å². The summed E-state index contributed by atoms with van der Waals surface area (Å²) in [5, 5.41) is 22.6. The van der Waals surface area contributed by atoms with Gasteiger partial charge >= 0.3 is 5.97 Å². The third-order valence-electron chi connectivity index (χ3n) is 4.05. The normalized spacial score (nSPS) is 20.7. The number of fused-ring (bicyclic) bond motifs is 1. The van der Waals surface area contributed by atoms with Gasteiger partial charge in [0, 0.05) is 42.1 Å². The highest BCUT2D eigenvalue weighted by atomic mass is 16.4. The topological polar surface area (TPSA) is 103 Å². The van der Waals surface area contributed by atoms with E-state index in [2.05, 4.69) is 10.3 Å². The van der Waals surface area contributed by atoms with Crippen molar-refractivity contribution in [3.63, 3.8) is 0 Å². The summed E-state index contributed by atoms with van der Waals surface area (Å²) < 4.78 is 1.55. The van der Waals surface area contributed by atoms with Gasteiger partial charge in [0.05, 0.1) is 5.56 Å². The Morgan fingerprint density at radius 2 is 2.09 bits per heavy atom. The van der Waals surface area contributed by atoms with E-state index in [1.807, 2.05) is 0 Å². The van der Waals surface area contributed by atoms with Crippen molar-refractivity contribution in [1.82, 2.24) is 10.3 Å². The fourth-order valence-electron chi connectivity index (χ4n) is 2.82. The summed E-state index contributed by atoms with van der Waals surface area (Å²) >= 11 is 0. The highest BCUT2D eigenvalue weighted by molar-refractivity contribution is 5.99. The predicted molar refractivity (Wildman–Crippen MR) is 78.3 cm³/mol.